The van der Waals surface area contributed by atoms with Crippen LogP contribution in [0.2, 0.25) is 0 Å². The minimum Gasteiger partial charge on any atom is -0.345 e. The molecule has 3 rings (SSSR count). The van der Waals surface area contributed by atoms with E-state index in [4.69, 9.17) is 0 Å². The highest BCUT2D eigenvalue weighted by molar-refractivity contribution is 5.98. The minimum absolute atomic E-state index is 0.357. The molecule has 2 aliphatic rings. The number of aryl methyl sites for hydroxylation is 1. The molecule has 0 radical (unpaired) electrons. The largest absolute Gasteiger partial charge is 0.345 e. The zero-order valence-corrected chi connectivity index (χ0v) is 11.8. The monoisotopic (exact) mass is 245 g/mol. The smallest absolute Gasteiger partial charge is 0.164 e. The van der Waals surface area contributed by atoms with Crippen LogP contribution >= 0.6 is 0 Å². The van der Waals surface area contributed by atoms with E-state index in [0.29, 0.717) is 17.2 Å². The molecule has 1 aromatic heterocycles. The van der Waals surface area contributed by atoms with Crippen molar-refractivity contribution in [3.05, 3.63) is 23.0 Å². The second kappa shape index (κ2) is 3.97. The zero-order valence-electron chi connectivity index (χ0n) is 11.8. The first-order chi connectivity index (χ1) is 8.48. The summed E-state index contributed by atoms with van der Waals surface area (Å²) < 4.78 is 2.49. The average molecular weight is 245 g/mol. The highest BCUT2D eigenvalue weighted by Gasteiger charge is 2.34. The second-order valence-corrected chi connectivity index (χ2v) is 6.85. The molecule has 1 heterocycles. The predicted octanol–water partition coefficient (Wildman–Crippen LogP) is 4.07. The van der Waals surface area contributed by atoms with E-state index in [0.717, 1.165) is 24.8 Å². The van der Waals surface area contributed by atoms with Gasteiger partial charge in [0.1, 0.15) is 0 Å². The summed E-state index contributed by atoms with van der Waals surface area (Å²) >= 11 is 0. The normalized spacial score (nSPS) is 26.4. The molecule has 2 aliphatic carbocycles. The van der Waals surface area contributed by atoms with E-state index in [1.54, 1.807) is 0 Å². The number of ketones is 1. The van der Waals surface area contributed by atoms with Crippen molar-refractivity contribution in [2.45, 2.75) is 65.3 Å². The van der Waals surface area contributed by atoms with E-state index in [2.05, 4.69) is 31.4 Å². The first kappa shape index (κ1) is 12.0. The van der Waals surface area contributed by atoms with Crippen LogP contribution in [0.3, 0.4) is 0 Å². The van der Waals surface area contributed by atoms with Crippen molar-refractivity contribution >= 4 is 5.78 Å². The number of carbonyl (C=O) groups excluding carboxylic acids is 1. The number of fused-ring (bicyclic) bond motifs is 1. The highest BCUT2D eigenvalue weighted by atomic mass is 16.1. The molecule has 0 saturated heterocycles. The lowest BCUT2D eigenvalue weighted by atomic mass is 9.91. The number of hydrogen-bond acceptors (Lipinski definition) is 1. The molecule has 1 unspecified atom stereocenters. The molecular formula is C16H23NO. The van der Waals surface area contributed by atoms with Gasteiger partial charge in [-0.15, -0.1) is 0 Å². The van der Waals surface area contributed by atoms with Crippen molar-refractivity contribution in [1.82, 2.24) is 4.57 Å². The van der Waals surface area contributed by atoms with E-state index in [1.165, 1.54) is 30.7 Å². The number of carbonyl (C=O) groups is 1. The maximum absolute atomic E-state index is 12.0. The summed E-state index contributed by atoms with van der Waals surface area (Å²) in [5.74, 6) is 0.357. The van der Waals surface area contributed by atoms with Crippen LogP contribution in [0.1, 0.15) is 73.7 Å². The van der Waals surface area contributed by atoms with E-state index in [1.807, 2.05) is 0 Å². The number of aromatic nitrogens is 1. The standard InChI is InChI=1S/C16H23NO/c1-11-9-13-14(5-4-6-15(13)18)17(11)12-7-8-16(2,3)10-12/h9,12H,4-8,10H2,1-3H3. The van der Waals surface area contributed by atoms with Crippen LogP contribution in [0, 0.1) is 12.3 Å². The van der Waals surface area contributed by atoms with Crippen molar-refractivity contribution < 1.29 is 4.79 Å². The molecule has 0 aliphatic heterocycles. The highest BCUT2D eigenvalue weighted by Crippen LogP contribution is 2.45. The lowest BCUT2D eigenvalue weighted by Gasteiger charge is -2.23. The Hall–Kier alpha value is -1.05. The number of Topliss-reactive ketones (excluding diaryl/α,β-unsaturated/α-hetero) is 1. The molecule has 1 atom stereocenters. The third-order valence-corrected chi connectivity index (χ3v) is 4.76. The Balaban J connectivity index is 2.00. The molecule has 1 fully saturated rings. The number of nitrogens with zero attached hydrogens (tertiary/aromatic N) is 1. The van der Waals surface area contributed by atoms with Gasteiger partial charge in [0.2, 0.25) is 0 Å². The zero-order chi connectivity index (χ0) is 12.9. The van der Waals surface area contributed by atoms with Gasteiger partial charge >= 0.3 is 0 Å². The van der Waals surface area contributed by atoms with Crippen LogP contribution in [-0.4, -0.2) is 10.4 Å². The van der Waals surface area contributed by atoms with Crippen molar-refractivity contribution in [2.24, 2.45) is 5.41 Å². The summed E-state index contributed by atoms with van der Waals surface area (Å²) in [5.41, 5.74) is 4.10. The SMILES string of the molecule is Cc1cc2c(n1C1CCC(C)(C)C1)CCCC2=O. The maximum atomic E-state index is 12.0. The second-order valence-electron chi connectivity index (χ2n) is 6.85. The average Bonchev–Trinajstić information content (AvgIpc) is 2.79. The van der Waals surface area contributed by atoms with Gasteiger partial charge in [0.15, 0.2) is 5.78 Å². The molecule has 1 saturated carbocycles. The third-order valence-electron chi connectivity index (χ3n) is 4.76. The van der Waals surface area contributed by atoms with Crippen molar-refractivity contribution in [3.63, 3.8) is 0 Å². The Labute approximate surface area is 109 Å². The van der Waals surface area contributed by atoms with Gasteiger partial charge < -0.3 is 4.57 Å². The molecule has 0 spiro atoms. The van der Waals surface area contributed by atoms with E-state index in [-0.39, 0.29) is 0 Å². The molecular weight excluding hydrogens is 222 g/mol. The fraction of sp³-hybridized carbons (Fsp3) is 0.688. The Morgan fingerprint density at radius 1 is 1.33 bits per heavy atom. The first-order valence-corrected chi connectivity index (χ1v) is 7.22. The van der Waals surface area contributed by atoms with E-state index < -0.39 is 0 Å². The summed E-state index contributed by atoms with van der Waals surface area (Å²) in [6.45, 7) is 6.89. The molecule has 0 bridgehead atoms. The van der Waals surface area contributed by atoms with Crippen molar-refractivity contribution in [2.75, 3.05) is 0 Å². The molecule has 98 valence electrons. The van der Waals surface area contributed by atoms with Gasteiger partial charge in [-0.2, -0.15) is 0 Å². The maximum Gasteiger partial charge on any atom is 0.164 e. The van der Waals surface area contributed by atoms with Gasteiger partial charge in [-0.3, -0.25) is 4.79 Å². The van der Waals surface area contributed by atoms with Gasteiger partial charge in [-0.05, 0) is 50.5 Å². The van der Waals surface area contributed by atoms with Crippen LogP contribution in [-0.2, 0) is 6.42 Å². The molecule has 1 aromatic rings. The lowest BCUT2D eigenvalue weighted by molar-refractivity contribution is 0.0971. The fourth-order valence-corrected chi connectivity index (χ4v) is 3.88. The number of hydrogen-bond donors (Lipinski definition) is 0. The molecule has 0 amide bonds. The Morgan fingerprint density at radius 2 is 2.11 bits per heavy atom. The van der Waals surface area contributed by atoms with Crippen LogP contribution in [0.25, 0.3) is 0 Å². The van der Waals surface area contributed by atoms with Crippen molar-refractivity contribution in [1.29, 1.82) is 0 Å². The first-order valence-electron chi connectivity index (χ1n) is 7.22. The molecule has 18 heavy (non-hydrogen) atoms. The number of rotatable bonds is 1. The fourth-order valence-electron chi connectivity index (χ4n) is 3.88. The van der Waals surface area contributed by atoms with Crippen LogP contribution in [0.5, 0.6) is 0 Å². The van der Waals surface area contributed by atoms with Gasteiger partial charge in [0.25, 0.3) is 0 Å². The predicted molar refractivity (Wildman–Crippen MR) is 73.1 cm³/mol. The Bertz CT molecular complexity index is 495. The topological polar surface area (TPSA) is 22.0 Å². The minimum atomic E-state index is 0.357. The quantitative estimate of drug-likeness (QED) is 0.731. The summed E-state index contributed by atoms with van der Waals surface area (Å²) in [5, 5.41) is 0. The summed E-state index contributed by atoms with van der Waals surface area (Å²) in [7, 11) is 0. The summed E-state index contributed by atoms with van der Waals surface area (Å²) in [4.78, 5) is 12.0. The Morgan fingerprint density at radius 3 is 2.78 bits per heavy atom. The van der Waals surface area contributed by atoms with E-state index >= 15 is 0 Å². The third kappa shape index (κ3) is 1.82. The van der Waals surface area contributed by atoms with Gasteiger partial charge in [-0.1, -0.05) is 13.8 Å². The van der Waals surface area contributed by atoms with Gasteiger partial charge in [0.05, 0.1) is 0 Å². The van der Waals surface area contributed by atoms with Crippen LogP contribution in [0.4, 0.5) is 0 Å². The van der Waals surface area contributed by atoms with Crippen LogP contribution in [0.15, 0.2) is 6.07 Å². The van der Waals surface area contributed by atoms with Crippen molar-refractivity contribution in [3.8, 4) is 0 Å². The van der Waals surface area contributed by atoms with Gasteiger partial charge in [0, 0.05) is 29.4 Å². The molecule has 2 nitrogen and oxygen atoms in total. The van der Waals surface area contributed by atoms with Crippen LogP contribution < -0.4 is 0 Å². The lowest BCUT2D eigenvalue weighted by Crippen LogP contribution is -2.17. The summed E-state index contributed by atoms with van der Waals surface area (Å²) in [6, 6.07) is 2.75. The molecule has 0 aromatic carbocycles. The van der Waals surface area contributed by atoms with E-state index in [9.17, 15) is 4.79 Å². The summed E-state index contributed by atoms with van der Waals surface area (Å²) in [6.07, 6.45) is 6.69. The van der Waals surface area contributed by atoms with Gasteiger partial charge in [-0.25, -0.2) is 0 Å². The molecule has 2 heteroatoms. The molecule has 0 N–H and O–H groups in total. The Kier molecular flexibility index (Phi) is 2.65.